The molecule has 4 nitrogen and oxygen atoms in total. The Labute approximate surface area is 165 Å². The fraction of sp³-hybridized carbons (Fsp3) is 0.292. The highest BCUT2D eigenvalue weighted by Crippen LogP contribution is 2.31. The summed E-state index contributed by atoms with van der Waals surface area (Å²) in [4.78, 5) is 15.8. The van der Waals surface area contributed by atoms with Gasteiger partial charge in [-0.2, -0.15) is 0 Å². The summed E-state index contributed by atoms with van der Waals surface area (Å²) in [6.45, 7) is 3.75. The molecule has 0 unspecified atom stereocenters. The second kappa shape index (κ2) is 8.44. The van der Waals surface area contributed by atoms with E-state index in [4.69, 9.17) is 9.47 Å². The second-order valence-electron chi connectivity index (χ2n) is 7.11. The summed E-state index contributed by atoms with van der Waals surface area (Å²) in [6.07, 6.45) is 2.52. The fourth-order valence-electron chi connectivity index (χ4n) is 3.78. The van der Waals surface area contributed by atoms with Crippen molar-refractivity contribution in [3.8, 4) is 11.5 Å². The maximum atomic E-state index is 13.4. The second-order valence-corrected chi connectivity index (χ2v) is 7.11. The highest BCUT2D eigenvalue weighted by Gasteiger charge is 2.19. The molecule has 0 saturated carbocycles. The van der Waals surface area contributed by atoms with E-state index in [-0.39, 0.29) is 5.78 Å². The molecule has 3 aromatic carbocycles. The van der Waals surface area contributed by atoms with Gasteiger partial charge >= 0.3 is 0 Å². The highest BCUT2D eigenvalue weighted by atomic mass is 16.5. The van der Waals surface area contributed by atoms with E-state index in [1.807, 2.05) is 48.5 Å². The van der Waals surface area contributed by atoms with Crippen molar-refractivity contribution in [1.82, 2.24) is 4.90 Å². The summed E-state index contributed by atoms with van der Waals surface area (Å²) >= 11 is 0. The number of methoxy groups -OCH3 is 1. The number of carbonyl (C=O) groups excluding carboxylic acids is 1. The van der Waals surface area contributed by atoms with Crippen molar-refractivity contribution in [2.75, 3.05) is 33.4 Å². The molecule has 1 aliphatic rings. The first-order chi connectivity index (χ1) is 13.8. The molecule has 1 heterocycles. The van der Waals surface area contributed by atoms with E-state index in [1.165, 1.54) is 12.8 Å². The zero-order valence-electron chi connectivity index (χ0n) is 16.2. The lowest BCUT2D eigenvalue weighted by atomic mass is 9.96. The van der Waals surface area contributed by atoms with Crippen LogP contribution >= 0.6 is 0 Å². The number of nitrogens with zero attached hydrogens (tertiary/aromatic N) is 1. The smallest absolute Gasteiger partial charge is 0.197 e. The Morgan fingerprint density at radius 2 is 1.71 bits per heavy atom. The lowest BCUT2D eigenvalue weighted by Crippen LogP contribution is -2.25. The van der Waals surface area contributed by atoms with Crippen LogP contribution in [-0.4, -0.2) is 44.0 Å². The number of likely N-dealkylation sites (tertiary alicyclic amines) is 1. The van der Waals surface area contributed by atoms with Crippen LogP contribution in [0.1, 0.15) is 28.8 Å². The van der Waals surface area contributed by atoms with E-state index in [2.05, 4.69) is 4.90 Å². The number of benzene rings is 3. The van der Waals surface area contributed by atoms with E-state index in [0.717, 1.165) is 36.2 Å². The number of rotatable bonds is 7. The van der Waals surface area contributed by atoms with E-state index in [0.29, 0.717) is 23.5 Å². The maximum absolute atomic E-state index is 13.4. The molecule has 4 heteroatoms. The van der Waals surface area contributed by atoms with E-state index < -0.39 is 0 Å². The topological polar surface area (TPSA) is 38.8 Å². The molecule has 0 aliphatic carbocycles. The van der Waals surface area contributed by atoms with Crippen molar-refractivity contribution in [3.05, 3.63) is 71.8 Å². The van der Waals surface area contributed by atoms with Crippen LogP contribution in [0.4, 0.5) is 0 Å². The SMILES string of the molecule is COc1ccc(C(=O)c2c(OCCN3CCCC3)ccc3ccccc23)cc1. The van der Waals surface area contributed by atoms with Crippen molar-refractivity contribution in [2.24, 2.45) is 0 Å². The third-order valence-corrected chi connectivity index (χ3v) is 5.33. The van der Waals surface area contributed by atoms with Gasteiger partial charge in [-0.3, -0.25) is 9.69 Å². The maximum Gasteiger partial charge on any atom is 0.197 e. The number of fused-ring (bicyclic) bond motifs is 1. The Bertz CT molecular complexity index is 959. The molecule has 1 fully saturated rings. The molecule has 0 spiro atoms. The van der Waals surface area contributed by atoms with Gasteiger partial charge in [0.2, 0.25) is 0 Å². The summed E-state index contributed by atoms with van der Waals surface area (Å²) in [5.74, 6) is 1.35. The quantitative estimate of drug-likeness (QED) is 0.568. The normalized spacial score (nSPS) is 14.3. The molecule has 4 rings (SSSR count). The monoisotopic (exact) mass is 375 g/mol. The Kier molecular flexibility index (Phi) is 5.58. The van der Waals surface area contributed by atoms with Crippen LogP contribution < -0.4 is 9.47 Å². The summed E-state index contributed by atoms with van der Waals surface area (Å²) in [7, 11) is 1.62. The van der Waals surface area contributed by atoms with Gasteiger partial charge in [0.15, 0.2) is 5.78 Å². The molecular weight excluding hydrogens is 350 g/mol. The lowest BCUT2D eigenvalue weighted by Gasteiger charge is -2.17. The third kappa shape index (κ3) is 3.87. The van der Waals surface area contributed by atoms with Gasteiger partial charge in [-0.1, -0.05) is 30.3 Å². The molecule has 0 atom stereocenters. The Morgan fingerprint density at radius 1 is 0.964 bits per heavy atom. The minimum atomic E-state index is -0.0318. The van der Waals surface area contributed by atoms with Crippen LogP contribution in [0.3, 0.4) is 0 Å². The summed E-state index contributed by atoms with van der Waals surface area (Å²) < 4.78 is 11.3. The van der Waals surface area contributed by atoms with Crippen molar-refractivity contribution in [1.29, 1.82) is 0 Å². The Hall–Kier alpha value is -2.85. The van der Waals surface area contributed by atoms with E-state index >= 15 is 0 Å². The molecular formula is C24H25NO3. The van der Waals surface area contributed by atoms with Crippen LogP contribution in [0, 0.1) is 0 Å². The number of carbonyl (C=O) groups is 1. The largest absolute Gasteiger partial charge is 0.497 e. The van der Waals surface area contributed by atoms with E-state index in [1.54, 1.807) is 19.2 Å². The van der Waals surface area contributed by atoms with Crippen molar-refractivity contribution in [2.45, 2.75) is 12.8 Å². The van der Waals surface area contributed by atoms with Crippen LogP contribution in [0.25, 0.3) is 10.8 Å². The predicted molar refractivity (Wildman–Crippen MR) is 112 cm³/mol. The van der Waals surface area contributed by atoms with Crippen molar-refractivity contribution < 1.29 is 14.3 Å². The minimum absolute atomic E-state index is 0.0318. The average molecular weight is 375 g/mol. The van der Waals surface area contributed by atoms with Crippen molar-refractivity contribution in [3.63, 3.8) is 0 Å². The molecule has 0 N–H and O–H groups in total. The molecule has 0 radical (unpaired) electrons. The average Bonchev–Trinajstić information content (AvgIpc) is 3.26. The Morgan fingerprint density at radius 3 is 2.46 bits per heavy atom. The molecule has 1 aliphatic heterocycles. The molecule has 144 valence electrons. The molecule has 0 bridgehead atoms. The molecule has 28 heavy (non-hydrogen) atoms. The third-order valence-electron chi connectivity index (χ3n) is 5.33. The van der Waals surface area contributed by atoms with Crippen LogP contribution in [0.5, 0.6) is 11.5 Å². The highest BCUT2D eigenvalue weighted by molar-refractivity contribution is 6.18. The van der Waals surface area contributed by atoms with Crippen molar-refractivity contribution >= 4 is 16.6 Å². The lowest BCUT2D eigenvalue weighted by molar-refractivity contribution is 0.103. The van der Waals surface area contributed by atoms with Gasteiger partial charge in [0, 0.05) is 12.1 Å². The van der Waals surface area contributed by atoms with Crippen LogP contribution in [-0.2, 0) is 0 Å². The van der Waals surface area contributed by atoms with Gasteiger partial charge in [-0.05, 0) is 67.0 Å². The molecule has 3 aromatic rings. The number of ketones is 1. The fourth-order valence-corrected chi connectivity index (χ4v) is 3.78. The molecule has 0 aromatic heterocycles. The molecule has 0 amide bonds. The minimum Gasteiger partial charge on any atom is -0.497 e. The predicted octanol–water partition coefficient (Wildman–Crippen LogP) is 4.55. The first-order valence-corrected chi connectivity index (χ1v) is 9.82. The summed E-state index contributed by atoms with van der Waals surface area (Å²) in [5, 5.41) is 1.95. The van der Waals surface area contributed by atoms with Crippen LogP contribution in [0.15, 0.2) is 60.7 Å². The van der Waals surface area contributed by atoms with Gasteiger partial charge < -0.3 is 9.47 Å². The summed E-state index contributed by atoms with van der Waals surface area (Å²) in [5.41, 5.74) is 1.26. The first kappa shape index (κ1) is 18.5. The van der Waals surface area contributed by atoms with Gasteiger partial charge in [0.25, 0.3) is 0 Å². The number of hydrogen-bond acceptors (Lipinski definition) is 4. The standard InChI is InChI=1S/C24H25NO3/c1-27-20-11-8-19(9-12-20)24(26)23-21-7-3-2-6-18(21)10-13-22(23)28-17-16-25-14-4-5-15-25/h2-3,6-13H,4-5,14-17H2,1H3. The zero-order valence-corrected chi connectivity index (χ0v) is 16.2. The van der Waals surface area contributed by atoms with E-state index in [9.17, 15) is 4.79 Å². The van der Waals surface area contributed by atoms with Gasteiger partial charge in [-0.25, -0.2) is 0 Å². The Balaban J connectivity index is 1.65. The van der Waals surface area contributed by atoms with Gasteiger partial charge in [-0.15, -0.1) is 0 Å². The summed E-state index contributed by atoms with van der Waals surface area (Å²) in [6, 6.07) is 19.1. The molecule has 1 saturated heterocycles. The number of hydrogen-bond donors (Lipinski definition) is 0. The first-order valence-electron chi connectivity index (χ1n) is 9.82. The van der Waals surface area contributed by atoms with Crippen LogP contribution in [0.2, 0.25) is 0 Å². The van der Waals surface area contributed by atoms with Gasteiger partial charge in [0.1, 0.15) is 18.1 Å². The van der Waals surface area contributed by atoms with Gasteiger partial charge in [0.05, 0.1) is 12.7 Å². The number of ether oxygens (including phenoxy) is 2. The zero-order chi connectivity index (χ0) is 19.3.